The van der Waals surface area contributed by atoms with E-state index in [1.807, 2.05) is 25.1 Å². The van der Waals surface area contributed by atoms with Gasteiger partial charge in [0.2, 0.25) is 0 Å². The fraction of sp³-hybridized carbons (Fsp3) is 0.429. The second-order valence-electron chi connectivity index (χ2n) is 9.25. The lowest BCUT2D eigenvalue weighted by molar-refractivity contribution is -1.11. The highest BCUT2D eigenvalue weighted by Gasteiger charge is 2.35. The monoisotopic (exact) mass is 479 g/mol. The van der Waals surface area contributed by atoms with Gasteiger partial charge < -0.3 is 14.2 Å². The van der Waals surface area contributed by atoms with Crippen LogP contribution in [0.5, 0.6) is 5.75 Å². The number of rotatable bonds is 7. The molecule has 1 heterocycles. The van der Waals surface area contributed by atoms with Crippen molar-refractivity contribution in [2.45, 2.75) is 27.7 Å². The molecule has 0 spiro atoms. The number of aryl methyl sites for hydroxylation is 3. The number of aliphatic imine (C=N–C) groups is 1. The summed E-state index contributed by atoms with van der Waals surface area (Å²) in [6.45, 7) is 11.4. The SMILES string of the molecule is CCOC(=O)C1=C(c2c(C)cc(C)cc2C)c2ccc(OCC[N+]3(O)CCOCC3)cc2/C1=N\C. The van der Waals surface area contributed by atoms with Crippen molar-refractivity contribution in [3.05, 3.63) is 69.3 Å². The Kier molecular flexibility index (Phi) is 7.40. The van der Waals surface area contributed by atoms with Crippen LogP contribution in [0.25, 0.3) is 5.57 Å². The van der Waals surface area contributed by atoms with Crippen LogP contribution in [-0.4, -0.2) is 74.6 Å². The van der Waals surface area contributed by atoms with E-state index >= 15 is 0 Å². The average Bonchev–Trinajstić information content (AvgIpc) is 3.12. The number of hydroxylamine groups is 3. The molecule has 0 amide bonds. The van der Waals surface area contributed by atoms with Crippen LogP contribution in [0.15, 0.2) is 40.9 Å². The van der Waals surface area contributed by atoms with Crippen molar-refractivity contribution in [3.63, 3.8) is 0 Å². The van der Waals surface area contributed by atoms with E-state index in [0.29, 0.717) is 56.5 Å². The first kappa shape index (κ1) is 25.1. The number of hydrogen-bond acceptors (Lipinski definition) is 6. The lowest BCUT2D eigenvalue weighted by atomic mass is 9.89. The standard InChI is InChI=1S/C28H35N2O5/c1-6-34-28(31)26-25(24-19(3)15-18(2)16-20(24)4)22-8-7-21(17-23(22)27(26)29-5)35-14-11-30(32)9-12-33-13-10-30/h7-8,15-17,32H,6,9-14H2,1-5H3/q+1/b29-27+. The molecule has 186 valence electrons. The van der Waals surface area contributed by atoms with Crippen LogP contribution in [0.1, 0.15) is 40.3 Å². The predicted octanol–water partition coefficient (Wildman–Crippen LogP) is 4.02. The molecule has 4 rings (SSSR count). The summed E-state index contributed by atoms with van der Waals surface area (Å²) in [7, 11) is 1.70. The number of benzene rings is 2. The molecule has 2 aromatic carbocycles. The van der Waals surface area contributed by atoms with Gasteiger partial charge in [-0.1, -0.05) is 17.7 Å². The van der Waals surface area contributed by atoms with E-state index in [1.165, 1.54) is 5.56 Å². The quantitative estimate of drug-likeness (QED) is 0.479. The van der Waals surface area contributed by atoms with Crippen molar-refractivity contribution in [2.24, 2.45) is 4.99 Å². The Morgan fingerprint density at radius 3 is 2.40 bits per heavy atom. The smallest absolute Gasteiger partial charge is 0.340 e. The highest BCUT2D eigenvalue weighted by Crippen LogP contribution is 2.42. The van der Waals surface area contributed by atoms with Crippen LogP contribution in [0.2, 0.25) is 0 Å². The van der Waals surface area contributed by atoms with Gasteiger partial charge in [-0.2, -0.15) is 4.65 Å². The Morgan fingerprint density at radius 2 is 1.77 bits per heavy atom. The van der Waals surface area contributed by atoms with Gasteiger partial charge in [0.05, 0.1) is 31.1 Å². The van der Waals surface area contributed by atoms with E-state index in [4.69, 9.17) is 14.2 Å². The van der Waals surface area contributed by atoms with E-state index in [-0.39, 0.29) is 17.2 Å². The molecule has 0 bridgehead atoms. The molecular formula is C28H35N2O5+. The van der Waals surface area contributed by atoms with Crippen molar-refractivity contribution in [1.29, 1.82) is 0 Å². The number of esters is 1. The lowest BCUT2D eigenvalue weighted by Crippen LogP contribution is -2.54. The Bertz CT molecular complexity index is 1170. The van der Waals surface area contributed by atoms with Crippen molar-refractivity contribution < 1.29 is 28.9 Å². The number of quaternary nitrogens is 1. The predicted molar refractivity (Wildman–Crippen MR) is 135 cm³/mol. The van der Waals surface area contributed by atoms with Crippen LogP contribution in [-0.2, 0) is 14.3 Å². The van der Waals surface area contributed by atoms with Gasteiger partial charge in [0.15, 0.2) is 0 Å². The van der Waals surface area contributed by atoms with E-state index in [9.17, 15) is 10.0 Å². The summed E-state index contributed by atoms with van der Waals surface area (Å²) in [4.78, 5) is 17.7. The lowest BCUT2D eigenvalue weighted by Gasteiger charge is -2.33. The molecule has 7 heteroatoms. The van der Waals surface area contributed by atoms with Crippen LogP contribution in [0, 0.1) is 20.8 Å². The summed E-state index contributed by atoms with van der Waals surface area (Å²) >= 11 is 0. The highest BCUT2D eigenvalue weighted by atomic mass is 16.6. The second kappa shape index (κ2) is 10.3. The Morgan fingerprint density at radius 1 is 1.09 bits per heavy atom. The molecular weight excluding hydrogens is 444 g/mol. The third-order valence-corrected chi connectivity index (χ3v) is 6.71. The van der Waals surface area contributed by atoms with Crippen molar-refractivity contribution in [3.8, 4) is 5.75 Å². The molecule has 0 saturated carbocycles. The van der Waals surface area contributed by atoms with E-state index in [0.717, 1.165) is 33.4 Å². The first-order valence-corrected chi connectivity index (χ1v) is 12.2. The van der Waals surface area contributed by atoms with Gasteiger partial charge in [-0.3, -0.25) is 4.99 Å². The Hall–Kier alpha value is -3.00. The summed E-state index contributed by atoms with van der Waals surface area (Å²) < 4.78 is 16.8. The highest BCUT2D eigenvalue weighted by molar-refractivity contribution is 6.37. The maximum absolute atomic E-state index is 13.2. The number of hydrogen-bond donors (Lipinski definition) is 1. The van der Waals surface area contributed by atoms with Crippen LogP contribution >= 0.6 is 0 Å². The molecule has 1 saturated heterocycles. The molecule has 2 aromatic rings. The number of ether oxygens (including phenoxy) is 3. The molecule has 1 fully saturated rings. The molecule has 0 atom stereocenters. The largest absolute Gasteiger partial charge is 0.488 e. The summed E-state index contributed by atoms with van der Waals surface area (Å²) in [5, 5.41) is 10.7. The minimum Gasteiger partial charge on any atom is -0.488 e. The first-order valence-electron chi connectivity index (χ1n) is 12.2. The molecule has 0 unspecified atom stereocenters. The molecule has 0 radical (unpaired) electrons. The molecule has 1 aliphatic carbocycles. The van der Waals surface area contributed by atoms with Crippen LogP contribution < -0.4 is 4.74 Å². The van der Waals surface area contributed by atoms with Gasteiger partial charge in [-0.15, -0.1) is 0 Å². The third-order valence-electron chi connectivity index (χ3n) is 6.71. The Balaban J connectivity index is 1.71. The second-order valence-corrected chi connectivity index (χ2v) is 9.25. The van der Waals surface area contributed by atoms with E-state index in [1.54, 1.807) is 7.05 Å². The van der Waals surface area contributed by atoms with Gasteiger partial charge in [-0.25, -0.2) is 10.0 Å². The summed E-state index contributed by atoms with van der Waals surface area (Å²) in [5.41, 5.74) is 8.16. The number of carbonyl (C=O) groups excluding carboxylic acids is 1. The van der Waals surface area contributed by atoms with Gasteiger partial charge in [0.25, 0.3) is 0 Å². The van der Waals surface area contributed by atoms with Crippen LogP contribution in [0.3, 0.4) is 0 Å². The molecule has 35 heavy (non-hydrogen) atoms. The van der Waals surface area contributed by atoms with Crippen molar-refractivity contribution >= 4 is 17.3 Å². The molecule has 1 aliphatic heterocycles. The topological polar surface area (TPSA) is 77.4 Å². The zero-order valence-corrected chi connectivity index (χ0v) is 21.3. The summed E-state index contributed by atoms with van der Waals surface area (Å²) in [6, 6.07) is 10.1. The maximum atomic E-state index is 13.2. The van der Waals surface area contributed by atoms with Gasteiger partial charge in [0, 0.05) is 18.2 Å². The number of carbonyl (C=O) groups is 1. The van der Waals surface area contributed by atoms with E-state index in [2.05, 4.69) is 37.9 Å². The van der Waals surface area contributed by atoms with Crippen molar-refractivity contribution in [1.82, 2.24) is 0 Å². The fourth-order valence-corrected chi connectivity index (χ4v) is 5.12. The average molecular weight is 480 g/mol. The first-order chi connectivity index (χ1) is 16.8. The zero-order valence-electron chi connectivity index (χ0n) is 21.3. The molecule has 7 nitrogen and oxygen atoms in total. The third kappa shape index (κ3) is 5.03. The molecule has 1 N–H and O–H groups in total. The Labute approximate surface area is 207 Å². The summed E-state index contributed by atoms with van der Waals surface area (Å²) in [6.07, 6.45) is 0. The number of fused-ring (bicyclic) bond motifs is 1. The summed E-state index contributed by atoms with van der Waals surface area (Å²) in [5.74, 6) is 0.298. The number of morpholine rings is 1. The fourth-order valence-electron chi connectivity index (χ4n) is 5.12. The minimum atomic E-state index is -0.375. The normalized spacial score (nSPS) is 18.1. The van der Waals surface area contributed by atoms with Crippen LogP contribution in [0.4, 0.5) is 0 Å². The van der Waals surface area contributed by atoms with Gasteiger partial charge >= 0.3 is 5.97 Å². The minimum absolute atomic E-state index is 0.0443. The molecule has 2 aliphatic rings. The van der Waals surface area contributed by atoms with Gasteiger partial charge in [0.1, 0.15) is 32.0 Å². The zero-order chi connectivity index (χ0) is 25.2. The number of nitrogens with zero attached hydrogens (tertiary/aromatic N) is 2. The maximum Gasteiger partial charge on any atom is 0.340 e. The van der Waals surface area contributed by atoms with Crippen molar-refractivity contribution in [2.75, 3.05) is 53.1 Å². The van der Waals surface area contributed by atoms with E-state index < -0.39 is 0 Å². The molecule has 0 aromatic heterocycles. The van der Waals surface area contributed by atoms with Gasteiger partial charge in [-0.05, 0) is 68.1 Å².